The normalized spacial score (nSPS) is 11.5. The van der Waals surface area contributed by atoms with Crippen molar-refractivity contribution in [1.82, 2.24) is 10.3 Å². The second-order valence-corrected chi connectivity index (χ2v) is 8.48. The molecule has 0 bridgehead atoms. The van der Waals surface area contributed by atoms with E-state index >= 15 is 0 Å². The summed E-state index contributed by atoms with van der Waals surface area (Å²) in [4.78, 5) is 12.3. The van der Waals surface area contributed by atoms with E-state index in [2.05, 4.69) is 63.2 Å². The highest BCUT2D eigenvalue weighted by atomic mass is 19.4. The van der Waals surface area contributed by atoms with Crippen molar-refractivity contribution >= 4 is 24.1 Å². The predicted molar refractivity (Wildman–Crippen MR) is 160 cm³/mol. The Morgan fingerprint density at radius 2 is 1.80 bits per heavy atom. The molecule has 0 amide bonds. The molecule has 0 saturated heterocycles. The Labute approximate surface area is 240 Å². The summed E-state index contributed by atoms with van der Waals surface area (Å²) in [5.74, 6) is 1.65. The molecule has 224 valence electrons. The van der Waals surface area contributed by atoms with Gasteiger partial charge in [-0.1, -0.05) is 25.2 Å². The number of nitrogens with one attached hydrogen (secondary N) is 2. The van der Waals surface area contributed by atoms with Crippen molar-refractivity contribution in [3.8, 4) is 5.75 Å². The molecular weight excluding hydrogens is 535 g/mol. The Hall–Kier alpha value is -4.28. The fraction of sp³-hybridized carbons (Fsp3) is 0.367. The molecule has 41 heavy (non-hydrogen) atoms. The van der Waals surface area contributed by atoms with Crippen LogP contribution >= 0.6 is 0 Å². The molecule has 1 aromatic carbocycles. The number of hydrogen-bond donors (Lipinski definition) is 2. The molecule has 0 saturated carbocycles. The maximum absolute atomic E-state index is 12.1. The van der Waals surface area contributed by atoms with Gasteiger partial charge >= 0.3 is 6.36 Å². The molecule has 0 aliphatic carbocycles. The largest absolute Gasteiger partial charge is 0.573 e. The van der Waals surface area contributed by atoms with Gasteiger partial charge in [-0.3, -0.25) is 4.99 Å². The lowest BCUT2D eigenvalue weighted by Gasteiger charge is -2.11. The summed E-state index contributed by atoms with van der Waals surface area (Å²) in [7, 11) is 1.49. The van der Waals surface area contributed by atoms with Crippen molar-refractivity contribution in [2.45, 2.75) is 40.0 Å². The van der Waals surface area contributed by atoms with Crippen LogP contribution in [0.25, 0.3) is 5.70 Å². The quantitative estimate of drug-likeness (QED) is 0.0799. The number of pyridine rings is 1. The van der Waals surface area contributed by atoms with E-state index in [0.29, 0.717) is 42.6 Å². The summed E-state index contributed by atoms with van der Waals surface area (Å²) in [6, 6.07) is 9.40. The summed E-state index contributed by atoms with van der Waals surface area (Å²) >= 11 is 0. The van der Waals surface area contributed by atoms with Crippen molar-refractivity contribution < 1.29 is 27.4 Å². The molecule has 11 heteroatoms. The molecule has 0 radical (unpaired) electrons. The van der Waals surface area contributed by atoms with Crippen LogP contribution in [0.1, 0.15) is 38.3 Å². The standard InChI is InChI=1S/C17H19F3N2O2.C13H21N3O/c1-12(11-21-3)5-10-16(23-4)22-13(2)14-6-8-15(9-7-14)24-17(18,19)20;1-4-12-6-7-15-13(10-12)16-9-8-14-11(3)17-5-2/h5-9H,2-3,10-11H2,1,4H3;6-7,10,14H,3-5,8-9H2,1-2H3,(H,15,16)/b12-5-,22-16?;. The van der Waals surface area contributed by atoms with Gasteiger partial charge in [-0.2, -0.15) is 0 Å². The number of nitrogens with zero attached hydrogens (tertiary/aromatic N) is 3. The van der Waals surface area contributed by atoms with Gasteiger partial charge in [0.05, 0.1) is 26.0 Å². The second-order valence-electron chi connectivity index (χ2n) is 8.48. The number of aliphatic imine (C=N–C) groups is 2. The van der Waals surface area contributed by atoms with Gasteiger partial charge in [-0.15, -0.1) is 13.2 Å². The first-order valence-electron chi connectivity index (χ1n) is 13.0. The van der Waals surface area contributed by atoms with Gasteiger partial charge in [0.15, 0.2) is 11.8 Å². The van der Waals surface area contributed by atoms with Crippen LogP contribution in [0.15, 0.2) is 83.3 Å². The Morgan fingerprint density at radius 1 is 1.10 bits per heavy atom. The molecule has 0 aliphatic heterocycles. The molecule has 1 aromatic heterocycles. The average Bonchev–Trinajstić information content (AvgIpc) is 2.93. The Kier molecular flexibility index (Phi) is 16.0. The maximum Gasteiger partial charge on any atom is 0.573 e. The second kappa shape index (κ2) is 18.9. The van der Waals surface area contributed by atoms with Crippen molar-refractivity contribution in [3.05, 3.63) is 84.4 Å². The van der Waals surface area contributed by atoms with Crippen LogP contribution in [0.5, 0.6) is 5.75 Å². The van der Waals surface area contributed by atoms with Crippen LogP contribution < -0.4 is 15.4 Å². The van der Waals surface area contributed by atoms with Gasteiger partial charge in [0.2, 0.25) is 0 Å². The summed E-state index contributed by atoms with van der Waals surface area (Å²) in [5, 5.41) is 6.32. The first kappa shape index (κ1) is 34.7. The first-order chi connectivity index (χ1) is 19.5. The number of halogens is 3. The fourth-order valence-electron chi connectivity index (χ4n) is 3.15. The zero-order valence-electron chi connectivity index (χ0n) is 24.2. The van der Waals surface area contributed by atoms with Crippen molar-refractivity contribution in [3.63, 3.8) is 0 Å². The molecular formula is C30H40F3N5O3. The van der Waals surface area contributed by atoms with Crippen molar-refractivity contribution in [2.24, 2.45) is 9.98 Å². The Morgan fingerprint density at radius 3 is 2.39 bits per heavy atom. The van der Waals surface area contributed by atoms with E-state index in [9.17, 15) is 13.2 Å². The number of rotatable bonds is 15. The number of aryl methyl sites for hydroxylation is 1. The van der Waals surface area contributed by atoms with E-state index in [-0.39, 0.29) is 5.75 Å². The maximum atomic E-state index is 12.1. The fourth-order valence-corrected chi connectivity index (χ4v) is 3.15. The highest BCUT2D eigenvalue weighted by Gasteiger charge is 2.30. The smallest absolute Gasteiger partial charge is 0.484 e. The number of benzene rings is 1. The first-order valence-corrected chi connectivity index (χ1v) is 13.0. The molecule has 8 nitrogen and oxygen atoms in total. The number of alkyl halides is 3. The SMILES string of the molecule is C=C(NCCNc1cc(CC)ccn1)OCC.C=NC/C(C)=C\CC(=NC(=C)c1ccc(OC(F)(F)F)cc1)OC. The molecule has 0 spiro atoms. The highest BCUT2D eigenvalue weighted by molar-refractivity contribution is 5.84. The van der Waals surface area contributed by atoms with Crippen molar-refractivity contribution in [2.75, 3.05) is 38.7 Å². The number of hydrogen-bond acceptors (Lipinski definition) is 8. The minimum absolute atomic E-state index is 0.300. The number of anilines is 1. The number of methoxy groups -OCH3 is 1. The third kappa shape index (κ3) is 15.8. The van der Waals surface area contributed by atoms with Crippen LogP contribution in [0.3, 0.4) is 0 Å². The molecule has 2 N–H and O–H groups in total. The average molecular weight is 576 g/mol. The Bertz CT molecular complexity index is 1160. The van der Waals surface area contributed by atoms with Crippen LogP contribution in [-0.2, 0) is 15.9 Å². The minimum atomic E-state index is -4.72. The minimum Gasteiger partial charge on any atom is -0.484 e. The number of ether oxygens (including phenoxy) is 3. The zero-order chi connectivity index (χ0) is 30.7. The van der Waals surface area contributed by atoms with Crippen LogP contribution in [0.4, 0.5) is 19.0 Å². The Balaban J connectivity index is 0.000000435. The van der Waals surface area contributed by atoms with E-state index in [0.717, 1.165) is 30.9 Å². The third-order valence-electron chi connectivity index (χ3n) is 5.21. The van der Waals surface area contributed by atoms with Gasteiger partial charge in [0.25, 0.3) is 0 Å². The molecule has 0 atom stereocenters. The lowest BCUT2D eigenvalue weighted by Crippen LogP contribution is -2.22. The molecule has 2 rings (SSSR count). The van der Waals surface area contributed by atoms with Gasteiger partial charge in [0, 0.05) is 25.7 Å². The highest BCUT2D eigenvalue weighted by Crippen LogP contribution is 2.25. The van der Waals surface area contributed by atoms with Gasteiger partial charge in [-0.25, -0.2) is 9.98 Å². The topological polar surface area (TPSA) is 89.4 Å². The molecule has 0 aliphatic rings. The molecule has 1 heterocycles. The number of aromatic nitrogens is 1. The third-order valence-corrected chi connectivity index (χ3v) is 5.21. The van der Waals surface area contributed by atoms with Crippen LogP contribution in [-0.4, -0.2) is 57.3 Å². The predicted octanol–water partition coefficient (Wildman–Crippen LogP) is 6.79. The van der Waals surface area contributed by atoms with Crippen LogP contribution in [0, 0.1) is 0 Å². The van der Waals surface area contributed by atoms with Crippen molar-refractivity contribution in [1.29, 1.82) is 0 Å². The van der Waals surface area contributed by atoms with Crippen LogP contribution in [0.2, 0.25) is 0 Å². The summed E-state index contributed by atoms with van der Waals surface area (Å²) < 4.78 is 50.6. The molecule has 0 unspecified atom stereocenters. The van der Waals surface area contributed by atoms with E-state index in [1.54, 1.807) is 0 Å². The van der Waals surface area contributed by atoms with Gasteiger partial charge < -0.3 is 24.8 Å². The van der Waals surface area contributed by atoms with Gasteiger partial charge in [0.1, 0.15) is 11.6 Å². The molecule has 0 fully saturated rings. The summed E-state index contributed by atoms with van der Waals surface area (Å²) in [6.45, 7) is 19.6. The van der Waals surface area contributed by atoms with E-state index in [1.807, 2.05) is 32.2 Å². The lowest BCUT2D eigenvalue weighted by atomic mass is 10.1. The van der Waals surface area contributed by atoms with E-state index < -0.39 is 6.36 Å². The lowest BCUT2D eigenvalue weighted by molar-refractivity contribution is -0.274. The zero-order valence-corrected chi connectivity index (χ0v) is 24.2. The summed E-state index contributed by atoms with van der Waals surface area (Å²) in [6.07, 6.45) is 0.491. The van der Waals surface area contributed by atoms with E-state index in [4.69, 9.17) is 9.47 Å². The summed E-state index contributed by atoms with van der Waals surface area (Å²) in [5.41, 5.74) is 3.24. The van der Waals surface area contributed by atoms with E-state index in [1.165, 1.54) is 36.9 Å². The van der Waals surface area contributed by atoms with Gasteiger partial charge in [-0.05, 0) is 81.1 Å². The molecule has 2 aromatic rings. The monoisotopic (exact) mass is 575 g/mol.